The molecule has 0 aliphatic rings. The van der Waals surface area contributed by atoms with Crippen molar-refractivity contribution in [2.75, 3.05) is 0 Å². The maximum absolute atomic E-state index is 9.29. The summed E-state index contributed by atoms with van der Waals surface area (Å²) in [5.74, 6) is 0.345. The zero-order valence-corrected chi connectivity index (χ0v) is 16.6. The molecule has 0 radical (unpaired) electrons. The van der Waals surface area contributed by atoms with Crippen molar-refractivity contribution >= 4 is 29.4 Å². The molecule has 1 aromatic carbocycles. The third-order valence-corrected chi connectivity index (χ3v) is 5.05. The number of hydrogen-bond donors (Lipinski definition) is 1. The monoisotopic (exact) mass is 388 g/mol. The first kappa shape index (κ1) is 21.9. The van der Waals surface area contributed by atoms with Crippen LogP contribution in [0.3, 0.4) is 0 Å². The topological polar surface area (TPSA) is 20.2 Å². The van der Waals surface area contributed by atoms with Gasteiger partial charge in [0.05, 0.1) is 0 Å². The van der Waals surface area contributed by atoms with Crippen LogP contribution in [0.25, 0.3) is 0 Å². The van der Waals surface area contributed by atoms with E-state index in [1.807, 2.05) is 12.1 Å². The lowest BCUT2D eigenvalue weighted by atomic mass is 10.0. The second-order valence-electron chi connectivity index (χ2n) is 6.03. The quantitative estimate of drug-likeness (QED) is 0.295. The summed E-state index contributed by atoms with van der Waals surface area (Å²) in [5.41, 5.74) is 1.27. The standard InChI is InChI=1S/C19H31BrO.H2S/c1-2-3-4-5-6-7-8-9-10-11-12-19(20)17-13-15-18(21)16-14-17;/h13-16,19,21H,2-12H2,1H3;1H2. The van der Waals surface area contributed by atoms with Crippen LogP contribution in [0.4, 0.5) is 0 Å². The van der Waals surface area contributed by atoms with Crippen molar-refractivity contribution in [3.8, 4) is 5.75 Å². The van der Waals surface area contributed by atoms with Crippen molar-refractivity contribution in [1.29, 1.82) is 0 Å². The smallest absolute Gasteiger partial charge is 0.115 e. The van der Waals surface area contributed by atoms with E-state index in [4.69, 9.17) is 0 Å². The minimum absolute atomic E-state index is 0. The van der Waals surface area contributed by atoms with E-state index in [1.165, 1.54) is 76.2 Å². The Morgan fingerprint density at radius 2 is 1.27 bits per heavy atom. The molecule has 1 rings (SSSR count). The van der Waals surface area contributed by atoms with Crippen molar-refractivity contribution < 1.29 is 5.11 Å². The first-order valence-electron chi connectivity index (χ1n) is 8.67. The molecule has 0 heterocycles. The van der Waals surface area contributed by atoms with Gasteiger partial charge in [0, 0.05) is 4.83 Å². The molecule has 3 heteroatoms. The van der Waals surface area contributed by atoms with E-state index in [-0.39, 0.29) is 13.5 Å². The van der Waals surface area contributed by atoms with E-state index in [0.29, 0.717) is 10.6 Å². The zero-order chi connectivity index (χ0) is 15.3. The summed E-state index contributed by atoms with van der Waals surface area (Å²) in [6, 6.07) is 7.54. The maximum atomic E-state index is 9.29. The molecule has 0 saturated heterocycles. The lowest BCUT2D eigenvalue weighted by Gasteiger charge is -2.10. The van der Waals surface area contributed by atoms with Gasteiger partial charge in [-0.3, -0.25) is 0 Å². The van der Waals surface area contributed by atoms with Crippen LogP contribution in [0.2, 0.25) is 0 Å². The van der Waals surface area contributed by atoms with Gasteiger partial charge >= 0.3 is 0 Å². The van der Waals surface area contributed by atoms with E-state index in [0.717, 1.165) is 0 Å². The van der Waals surface area contributed by atoms with Gasteiger partial charge in [0.15, 0.2) is 0 Å². The van der Waals surface area contributed by atoms with Crippen LogP contribution >= 0.6 is 29.4 Å². The highest BCUT2D eigenvalue weighted by atomic mass is 79.9. The molecule has 1 atom stereocenters. The third-order valence-electron chi connectivity index (χ3n) is 4.07. The summed E-state index contributed by atoms with van der Waals surface area (Å²) in [5, 5.41) is 9.29. The molecule has 1 N–H and O–H groups in total. The molecule has 1 aromatic rings. The average molecular weight is 389 g/mol. The van der Waals surface area contributed by atoms with Crippen LogP contribution in [0.15, 0.2) is 24.3 Å². The predicted octanol–water partition coefficient (Wildman–Crippen LogP) is 7.25. The Hall–Kier alpha value is -0.150. The van der Waals surface area contributed by atoms with E-state index in [2.05, 4.69) is 22.9 Å². The fourth-order valence-electron chi connectivity index (χ4n) is 2.66. The average Bonchev–Trinajstić information content (AvgIpc) is 2.49. The van der Waals surface area contributed by atoms with Crippen molar-refractivity contribution in [3.05, 3.63) is 29.8 Å². The van der Waals surface area contributed by atoms with Gasteiger partial charge in [0.2, 0.25) is 0 Å². The summed E-state index contributed by atoms with van der Waals surface area (Å²) >= 11 is 3.75. The zero-order valence-electron chi connectivity index (χ0n) is 14.0. The number of aromatic hydroxyl groups is 1. The molecule has 0 bridgehead atoms. The van der Waals surface area contributed by atoms with Gasteiger partial charge in [-0.2, -0.15) is 13.5 Å². The molecular formula is C19H33BrOS. The summed E-state index contributed by atoms with van der Waals surface area (Å²) in [6.45, 7) is 2.27. The number of phenolic OH excluding ortho intramolecular Hbond substituents is 1. The van der Waals surface area contributed by atoms with Gasteiger partial charge < -0.3 is 5.11 Å². The van der Waals surface area contributed by atoms with Gasteiger partial charge in [0.25, 0.3) is 0 Å². The number of phenols is 1. The normalized spacial score (nSPS) is 11.9. The second-order valence-corrected chi connectivity index (χ2v) is 7.14. The Balaban J connectivity index is 0.00000441. The van der Waals surface area contributed by atoms with E-state index in [9.17, 15) is 5.11 Å². The SMILES string of the molecule is CCCCCCCCCCCCC(Br)c1ccc(O)cc1.S. The summed E-state index contributed by atoms with van der Waals surface area (Å²) in [4.78, 5) is 0.423. The van der Waals surface area contributed by atoms with Crippen LogP contribution in [0.5, 0.6) is 5.75 Å². The predicted molar refractivity (Wildman–Crippen MR) is 107 cm³/mol. The first-order valence-corrected chi connectivity index (χ1v) is 9.58. The lowest BCUT2D eigenvalue weighted by molar-refractivity contribution is 0.475. The van der Waals surface area contributed by atoms with Gasteiger partial charge in [-0.15, -0.1) is 0 Å². The number of alkyl halides is 1. The molecule has 0 fully saturated rings. The second kappa shape index (κ2) is 14.4. The summed E-state index contributed by atoms with van der Waals surface area (Å²) in [6.07, 6.45) is 15.0. The van der Waals surface area contributed by atoms with E-state index in [1.54, 1.807) is 12.1 Å². The molecule has 0 aromatic heterocycles. The molecule has 1 nitrogen and oxygen atoms in total. The van der Waals surface area contributed by atoms with Gasteiger partial charge in [-0.05, 0) is 24.1 Å². The molecule has 1 unspecified atom stereocenters. The maximum Gasteiger partial charge on any atom is 0.115 e. The van der Waals surface area contributed by atoms with Crippen LogP contribution < -0.4 is 0 Å². The Labute approximate surface area is 152 Å². The number of unbranched alkanes of at least 4 members (excludes halogenated alkanes) is 9. The fourth-order valence-corrected chi connectivity index (χ4v) is 3.29. The van der Waals surface area contributed by atoms with Crippen LogP contribution in [-0.4, -0.2) is 5.11 Å². The Bertz CT molecular complexity index is 353. The summed E-state index contributed by atoms with van der Waals surface area (Å²) in [7, 11) is 0. The van der Waals surface area contributed by atoms with Crippen LogP contribution in [0, 0.1) is 0 Å². The fraction of sp³-hybridized carbons (Fsp3) is 0.684. The van der Waals surface area contributed by atoms with E-state index >= 15 is 0 Å². The number of halogens is 1. The Kier molecular flexibility index (Phi) is 14.3. The third kappa shape index (κ3) is 10.6. The van der Waals surface area contributed by atoms with Crippen LogP contribution in [0.1, 0.15) is 87.9 Å². The minimum Gasteiger partial charge on any atom is -0.508 e. The molecule has 0 spiro atoms. The Morgan fingerprint density at radius 1 is 0.818 bits per heavy atom. The van der Waals surface area contributed by atoms with Crippen LogP contribution in [-0.2, 0) is 0 Å². The van der Waals surface area contributed by atoms with Gasteiger partial charge in [0.1, 0.15) is 5.75 Å². The highest BCUT2D eigenvalue weighted by molar-refractivity contribution is 9.09. The van der Waals surface area contributed by atoms with Crippen molar-refractivity contribution in [3.63, 3.8) is 0 Å². The molecule has 0 saturated carbocycles. The lowest BCUT2D eigenvalue weighted by Crippen LogP contribution is -1.90. The highest BCUT2D eigenvalue weighted by Gasteiger charge is 2.06. The van der Waals surface area contributed by atoms with Crippen molar-refractivity contribution in [2.24, 2.45) is 0 Å². The molecule has 0 aliphatic heterocycles. The highest BCUT2D eigenvalue weighted by Crippen LogP contribution is 2.29. The molecule has 22 heavy (non-hydrogen) atoms. The van der Waals surface area contributed by atoms with Gasteiger partial charge in [-0.25, -0.2) is 0 Å². The largest absolute Gasteiger partial charge is 0.508 e. The number of hydrogen-bond acceptors (Lipinski definition) is 1. The minimum atomic E-state index is 0. The molecule has 0 aliphatic carbocycles. The first-order chi connectivity index (χ1) is 10.2. The number of rotatable bonds is 12. The number of benzene rings is 1. The van der Waals surface area contributed by atoms with Gasteiger partial charge in [-0.1, -0.05) is 99.2 Å². The van der Waals surface area contributed by atoms with Crippen molar-refractivity contribution in [1.82, 2.24) is 0 Å². The molecule has 128 valence electrons. The molecule has 0 amide bonds. The molecular weight excluding hydrogens is 356 g/mol. The summed E-state index contributed by atoms with van der Waals surface area (Å²) < 4.78 is 0. The van der Waals surface area contributed by atoms with Crippen molar-refractivity contribution in [2.45, 2.75) is 82.4 Å². The Morgan fingerprint density at radius 3 is 1.77 bits per heavy atom. The van der Waals surface area contributed by atoms with E-state index < -0.39 is 0 Å².